The lowest BCUT2D eigenvalue weighted by Crippen LogP contribution is -2.07. The van der Waals surface area contributed by atoms with Crippen LogP contribution in [0.25, 0.3) is 0 Å². The number of nitrogen functional groups attached to an aromatic ring is 1. The second kappa shape index (κ2) is 5.45. The maximum Gasteiger partial charge on any atom is 0.0718 e. The Bertz CT molecular complexity index is 628. The highest BCUT2D eigenvalue weighted by Crippen LogP contribution is 2.22. The zero-order valence-corrected chi connectivity index (χ0v) is 12.1. The molecular formula is C16H17ClN2. The molecule has 0 spiro atoms. The average Bonchev–Trinajstić information content (AvgIpc) is 2.38. The highest BCUT2D eigenvalue weighted by atomic mass is 35.5. The molecule has 0 saturated carbocycles. The minimum atomic E-state index is 0.726. The van der Waals surface area contributed by atoms with Gasteiger partial charge in [0.2, 0.25) is 0 Å². The number of aliphatic imine (C=N–C) groups is 1. The van der Waals surface area contributed by atoms with Gasteiger partial charge in [0, 0.05) is 28.9 Å². The van der Waals surface area contributed by atoms with Crippen LogP contribution in [-0.4, -0.2) is 12.8 Å². The summed E-state index contributed by atoms with van der Waals surface area (Å²) in [6, 6.07) is 11.8. The third kappa shape index (κ3) is 2.79. The molecule has 0 aromatic heterocycles. The van der Waals surface area contributed by atoms with E-state index >= 15 is 0 Å². The van der Waals surface area contributed by atoms with Crippen LogP contribution in [0.3, 0.4) is 0 Å². The number of halogens is 1. The zero-order valence-electron chi connectivity index (χ0n) is 11.4. The molecule has 2 aromatic rings. The van der Waals surface area contributed by atoms with E-state index in [0.717, 1.165) is 38.7 Å². The van der Waals surface area contributed by atoms with Crippen LogP contribution in [0.15, 0.2) is 41.4 Å². The monoisotopic (exact) mass is 272 g/mol. The Hall–Kier alpha value is -1.80. The smallest absolute Gasteiger partial charge is 0.0718 e. The molecule has 0 atom stereocenters. The molecule has 0 amide bonds. The van der Waals surface area contributed by atoms with E-state index in [1.807, 2.05) is 44.2 Å². The van der Waals surface area contributed by atoms with Gasteiger partial charge in [-0.2, -0.15) is 0 Å². The quantitative estimate of drug-likeness (QED) is 0.651. The highest BCUT2D eigenvalue weighted by molar-refractivity contribution is 6.30. The third-order valence-electron chi connectivity index (χ3n) is 3.21. The van der Waals surface area contributed by atoms with Crippen LogP contribution in [0.5, 0.6) is 0 Å². The van der Waals surface area contributed by atoms with Gasteiger partial charge in [0.15, 0.2) is 0 Å². The Morgan fingerprint density at radius 2 is 1.68 bits per heavy atom. The van der Waals surface area contributed by atoms with Gasteiger partial charge in [0.25, 0.3) is 0 Å². The lowest BCUT2D eigenvalue weighted by atomic mass is 9.95. The molecular weight excluding hydrogens is 256 g/mol. The maximum atomic E-state index is 5.93. The molecule has 0 unspecified atom stereocenters. The standard InChI is InChI=1S/C16H17ClN2/c1-10-9-15(18)11(2)8-14(10)16(19-3)12-4-6-13(17)7-5-12/h4-9H,18H2,1-3H3. The first-order valence-electron chi connectivity index (χ1n) is 6.12. The van der Waals surface area contributed by atoms with E-state index in [2.05, 4.69) is 11.1 Å². The average molecular weight is 273 g/mol. The molecule has 0 aliphatic carbocycles. The molecule has 2 rings (SSSR count). The Morgan fingerprint density at radius 1 is 1.05 bits per heavy atom. The van der Waals surface area contributed by atoms with Crippen LogP contribution < -0.4 is 5.73 Å². The summed E-state index contributed by atoms with van der Waals surface area (Å²) in [4.78, 5) is 4.42. The number of hydrogen-bond donors (Lipinski definition) is 1. The Morgan fingerprint density at radius 3 is 2.26 bits per heavy atom. The number of anilines is 1. The molecule has 3 heteroatoms. The van der Waals surface area contributed by atoms with Crippen LogP contribution in [0.4, 0.5) is 5.69 Å². The lowest BCUT2D eigenvalue weighted by Gasteiger charge is -2.12. The van der Waals surface area contributed by atoms with Gasteiger partial charge in [-0.25, -0.2) is 0 Å². The van der Waals surface area contributed by atoms with Gasteiger partial charge in [-0.3, -0.25) is 4.99 Å². The van der Waals surface area contributed by atoms with Gasteiger partial charge in [0.05, 0.1) is 5.71 Å². The summed E-state index contributed by atoms with van der Waals surface area (Å²) >= 11 is 5.93. The zero-order chi connectivity index (χ0) is 14.0. The summed E-state index contributed by atoms with van der Waals surface area (Å²) in [5.74, 6) is 0. The van der Waals surface area contributed by atoms with E-state index in [9.17, 15) is 0 Å². The number of benzene rings is 2. The Kier molecular flexibility index (Phi) is 3.91. The second-order valence-corrected chi connectivity index (χ2v) is 5.04. The summed E-state index contributed by atoms with van der Waals surface area (Å²) in [5.41, 5.74) is 12.1. The first-order chi connectivity index (χ1) is 9.02. The van der Waals surface area contributed by atoms with Crippen molar-refractivity contribution in [1.82, 2.24) is 0 Å². The number of nitrogens with two attached hydrogens (primary N) is 1. The first kappa shape index (κ1) is 13.6. The van der Waals surface area contributed by atoms with Crippen molar-refractivity contribution in [2.45, 2.75) is 13.8 Å². The van der Waals surface area contributed by atoms with Gasteiger partial charge < -0.3 is 5.73 Å². The molecule has 0 bridgehead atoms. The van der Waals surface area contributed by atoms with Gasteiger partial charge in [0.1, 0.15) is 0 Å². The van der Waals surface area contributed by atoms with Crippen molar-refractivity contribution in [2.24, 2.45) is 4.99 Å². The SMILES string of the molecule is CN=C(c1ccc(Cl)cc1)c1cc(C)c(N)cc1C. The van der Waals surface area contributed by atoms with Gasteiger partial charge >= 0.3 is 0 Å². The highest BCUT2D eigenvalue weighted by Gasteiger charge is 2.10. The summed E-state index contributed by atoms with van der Waals surface area (Å²) in [7, 11) is 1.80. The van der Waals surface area contributed by atoms with Crippen LogP contribution in [-0.2, 0) is 0 Å². The minimum Gasteiger partial charge on any atom is -0.399 e. The van der Waals surface area contributed by atoms with E-state index in [4.69, 9.17) is 17.3 Å². The van der Waals surface area contributed by atoms with Crippen molar-refractivity contribution in [3.8, 4) is 0 Å². The molecule has 2 nitrogen and oxygen atoms in total. The largest absolute Gasteiger partial charge is 0.399 e. The summed E-state index contributed by atoms with van der Waals surface area (Å²) in [6.45, 7) is 4.06. The first-order valence-corrected chi connectivity index (χ1v) is 6.50. The molecule has 2 aromatic carbocycles. The normalized spacial score (nSPS) is 11.7. The molecule has 0 aliphatic heterocycles. The molecule has 19 heavy (non-hydrogen) atoms. The van der Waals surface area contributed by atoms with Crippen molar-refractivity contribution in [1.29, 1.82) is 0 Å². The van der Waals surface area contributed by atoms with Gasteiger partial charge in [-0.15, -0.1) is 0 Å². The summed E-state index contributed by atoms with van der Waals surface area (Å²) < 4.78 is 0. The number of hydrogen-bond acceptors (Lipinski definition) is 2. The molecule has 0 fully saturated rings. The fraction of sp³-hybridized carbons (Fsp3) is 0.188. The molecule has 0 saturated heterocycles. The fourth-order valence-corrected chi connectivity index (χ4v) is 2.23. The van der Waals surface area contributed by atoms with Crippen molar-refractivity contribution in [3.63, 3.8) is 0 Å². The van der Waals surface area contributed by atoms with Crippen molar-refractivity contribution >= 4 is 23.0 Å². The van der Waals surface area contributed by atoms with E-state index in [0.29, 0.717) is 0 Å². The summed E-state index contributed by atoms with van der Waals surface area (Å²) in [5, 5.41) is 0.726. The third-order valence-corrected chi connectivity index (χ3v) is 3.46. The predicted molar refractivity (Wildman–Crippen MR) is 83.3 cm³/mol. The van der Waals surface area contributed by atoms with Crippen LogP contribution in [0, 0.1) is 13.8 Å². The number of aryl methyl sites for hydroxylation is 2. The molecule has 0 radical (unpaired) electrons. The van der Waals surface area contributed by atoms with Crippen LogP contribution >= 0.6 is 11.6 Å². The fourth-order valence-electron chi connectivity index (χ4n) is 2.11. The number of nitrogens with zero attached hydrogens (tertiary/aromatic N) is 1. The lowest BCUT2D eigenvalue weighted by molar-refractivity contribution is 1.34. The predicted octanol–water partition coefficient (Wildman–Crippen LogP) is 4.01. The Labute approximate surface area is 118 Å². The molecule has 0 aliphatic rings. The molecule has 0 heterocycles. The van der Waals surface area contributed by atoms with Gasteiger partial charge in [-0.05, 0) is 49.2 Å². The van der Waals surface area contributed by atoms with E-state index < -0.39 is 0 Å². The van der Waals surface area contributed by atoms with Gasteiger partial charge in [-0.1, -0.05) is 23.7 Å². The van der Waals surface area contributed by atoms with Crippen molar-refractivity contribution < 1.29 is 0 Å². The maximum absolute atomic E-state index is 5.93. The van der Waals surface area contributed by atoms with E-state index in [1.54, 1.807) is 7.05 Å². The molecule has 2 N–H and O–H groups in total. The van der Waals surface area contributed by atoms with Crippen molar-refractivity contribution in [3.05, 3.63) is 63.7 Å². The Balaban J connectivity index is 2.55. The van der Waals surface area contributed by atoms with Crippen molar-refractivity contribution in [2.75, 3.05) is 12.8 Å². The number of rotatable bonds is 2. The van der Waals surface area contributed by atoms with E-state index in [1.165, 1.54) is 0 Å². The van der Waals surface area contributed by atoms with E-state index in [-0.39, 0.29) is 0 Å². The molecule has 98 valence electrons. The van der Waals surface area contributed by atoms with Crippen LogP contribution in [0.2, 0.25) is 5.02 Å². The topological polar surface area (TPSA) is 38.4 Å². The second-order valence-electron chi connectivity index (χ2n) is 4.60. The van der Waals surface area contributed by atoms with Crippen LogP contribution in [0.1, 0.15) is 22.3 Å². The minimum absolute atomic E-state index is 0.726. The summed E-state index contributed by atoms with van der Waals surface area (Å²) in [6.07, 6.45) is 0.